The molecule has 1 nitrogen and oxygen atoms in total. The van der Waals surface area contributed by atoms with E-state index < -0.39 is 0 Å². The number of nitrogens with one attached hydrogen (secondary N) is 1. The number of allylic oxidation sites excluding steroid dienone is 1. The summed E-state index contributed by atoms with van der Waals surface area (Å²) >= 11 is 6.45. The number of aromatic amines is 1. The number of benzene rings is 4. The van der Waals surface area contributed by atoms with E-state index in [1.807, 2.05) is 6.07 Å². The van der Waals surface area contributed by atoms with Crippen LogP contribution in [0.25, 0.3) is 28.2 Å². The predicted molar refractivity (Wildman–Crippen MR) is 137 cm³/mol. The van der Waals surface area contributed by atoms with Crippen molar-refractivity contribution in [2.24, 2.45) is 0 Å². The Morgan fingerprint density at radius 2 is 1.47 bits per heavy atom. The van der Waals surface area contributed by atoms with E-state index in [0.717, 1.165) is 21.6 Å². The van der Waals surface area contributed by atoms with Gasteiger partial charge in [0.15, 0.2) is 0 Å². The molecule has 4 aromatic carbocycles. The molecule has 0 bridgehead atoms. The van der Waals surface area contributed by atoms with Gasteiger partial charge in [-0.25, -0.2) is 0 Å². The Bertz CT molecular complexity index is 1360. The highest BCUT2D eigenvalue weighted by Gasteiger charge is 2.22. The zero-order valence-corrected chi connectivity index (χ0v) is 18.7. The van der Waals surface area contributed by atoms with Crippen molar-refractivity contribution in [2.45, 2.75) is 12.8 Å². The third-order valence-corrected chi connectivity index (χ3v) is 6.13. The Morgan fingerprint density at radius 1 is 0.781 bits per heavy atom. The van der Waals surface area contributed by atoms with Crippen LogP contribution in [0.2, 0.25) is 5.02 Å². The molecule has 0 saturated carbocycles. The fraction of sp³-hybridized carbons (Fsp3) is 0.0667. The van der Waals surface area contributed by atoms with Crippen LogP contribution in [0.1, 0.15) is 28.2 Å². The molecule has 0 saturated heterocycles. The monoisotopic (exact) mass is 433 g/mol. The van der Waals surface area contributed by atoms with Crippen LogP contribution in [0.3, 0.4) is 0 Å². The van der Waals surface area contributed by atoms with Crippen LogP contribution in [0.15, 0.2) is 109 Å². The van der Waals surface area contributed by atoms with Crippen molar-refractivity contribution >= 4 is 28.6 Å². The van der Waals surface area contributed by atoms with Crippen molar-refractivity contribution < 1.29 is 0 Å². The summed E-state index contributed by atoms with van der Waals surface area (Å²) in [7, 11) is 0. The third-order valence-electron chi connectivity index (χ3n) is 5.89. The second kappa shape index (κ2) is 8.90. The SMILES string of the molecule is Cc1ccc(/C=C/C(c2ccccc2)c2c(-c3ccccc3)[nH]c3ccc(Cl)cc23)cc1. The van der Waals surface area contributed by atoms with Gasteiger partial charge in [0, 0.05) is 21.8 Å². The highest BCUT2D eigenvalue weighted by atomic mass is 35.5. The van der Waals surface area contributed by atoms with Crippen molar-refractivity contribution in [1.82, 2.24) is 4.98 Å². The molecule has 5 aromatic rings. The second-order valence-corrected chi connectivity index (χ2v) is 8.56. The van der Waals surface area contributed by atoms with Gasteiger partial charge in [-0.2, -0.15) is 0 Å². The van der Waals surface area contributed by atoms with E-state index in [-0.39, 0.29) is 5.92 Å². The maximum Gasteiger partial charge on any atom is 0.0506 e. The normalized spacial score (nSPS) is 12.4. The summed E-state index contributed by atoms with van der Waals surface area (Å²) in [6.07, 6.45) is 4.52. The van der Waals surface area contributed by atoms with Crippen molar-refractivity contribution in [3.63, 3.8) is 0 Å². The standard InChI is InChI=1S/C30H24ClN/c1-21-12-14-22(15-13-21)16-18-26(23-8-4-2-5-9-23)29-27-20-25(31)17-19-28(27)32-30(29)24-10-6-3-7-11-24/h2-20,26,32H,1H3/b18-16+. The molecule has 1 N–H and O–H groups in total. The minimum Gasteiger partial charge on any atom is -0.354 e. The number of rotatable bonds is 5. The van der Waals surface area contributed by atoms with Crippen LogP contribution in [-0.4, -0.2) is 4.98 Å². The minimum absolute atomic E-state index is 0.0694. The number of halogens is 1. The summed E-state index contributed by atoms with van der Waals surface area (Å²) < 4.78 is 0. The van der Waals surface area contributed by atoms with Gasteiger partial charge < -0.3 is 4.98 Å². The zero-order chi connectivity index (χ0) is 21.9. The van der Waals surface area contributed by atoms with Gasteiger partial charge in [0.2, 0.25) is 0 Å². The largest absolute Gasteiger partial charge is 0.354 e. The molecule has 156 valence electrons. The lowest BCUT2D eigenvalue weighted by Crippen LogP contribution is -1.99. The Hall–Kier alpha value is -3.55. The fourth-order valence-electron chi connectivity index (χ4n) is 4.26. The molecule has 32 heavy (non-hydrogen) atoms. The zero-order valence-electron chi connectivity index (χ0n) is 17.9. The molecule has 0 amide bonds. The molecule has 0 spiro atoms. The highest BCUT2D eigenvalue weighted by Crippen LogP contribution is 2.40. The molecule has 0 aliphatic carbocycles. The molecule has 1 aromatic heterocycles. The average molecular weight is 434 g/mol. The molecular formula is C30H24ClN. The predicted octanol–water partition coefficient (Wildman–Crippen LogP) is 8.64. The summed E-state index contributed by atoms with van der Waals surface area (Å²) in [6.45, 7) is 2.11. The molecule has 0 fully saturated rings. The third kappa shape index (κ3) is 4.12. The first kappa shape index (κ1) is 20.4. The number of aryl methyl sites for hydroxylation is 1. The Kier molecular flexibility index (Phi) is 5.66. The van der Waals surface area contributed by atoms with Crippen LogP contribution in [0.5, 0.6) is 0 Å². The van der Waals surface area contributed by atoms with Crippen molar-refractivity contribution in [3.8, 4) is 11.3 Å². The van der Waals surface area contributed by atoms with Gasteiger partial charge in [0.05, 0.1) is 5.69 Å². The summed E-state index contributed by atoms with van der Waals surface area (Å²) in [5, 5.41) is 1.89. The highest BCUT2D eigenvalue weighted by molar-refractivity contribution is 6.31. The Balaban J connectivity index is 1.74. The van der Waals surface area contributed by atoms with E-state index in [1.54, 1.807) is 0 Å². The Morgan fingerprint density at radius 3 is 2.19 bits per heavy atom. The second-order valence-electron chi connectivity index (χ2n) is 8.13. The molecule has 2 heteroatoms. The molecule has 1 heterocycles. The summed E-state index contributed by atoms with van der Waals surface area (Å²) in [5.41, 5.74) is 8.32. The molecule has 0 radical (unpaired) electrons. The molecular weight excluding hydrogens is 410 g/mol. The number of hydrogen-bond donors (Lipinski definition) is 1. The molecule has 1 atom stereocenters. The van der Waals surface area contributed by atoms with Crippen LogP contribution in [0.4, 0.5) is 0 Å². The van der Waals surface area contributed by atoms with Crippen molar-refractivity contribution in [1.29, 1.82) is 0 Å². The maximum atomic E-state index is 6.45. The summed E-state index contributed by atoms with van der Waals surface area (Å²) in [5.74, 6) is 0.0694. The van der Waals surface area contributed by atoms with Gasteiger partial charge in [-0.05, 0) is 47.4 Å². The van der Waals surface area contributed by atoms with Crippen LogP contribution < -0.4 is 0 Å². The fourth-order valence-corrected chi connectivity index (χ4v) is 4.43. The first-order valence-electron chi connectivity index (χ1n) is 10.9. The van der Waals surface area contributed by atoms with E-state index in [9.17, 15) is 0 Å². The van der Waals surface area contributed by atoms with Crippen LogP contribution in [-0.2, 0) is 0 Å². The molecule has 0 aliphatic heterocycles. The van der Waals surface area contributed by atoms with Crippen molar-refractivity contribution in [2.75, 3.05) is 0 Å². The lowest BCUT2D eigenvalue weighted by molar-refractivity contribution is 1.05. The minimum atomic E-state index is 0.0694. The van der Waals surface area contributed by atoms with Gasteiger partial charge in [0.1, 0.15) is 0 Å². The van der Waals surface area contributed by atoms with E-state index in [0.29, 0.717) is 0 Å². The first-order chi connectivity index (χ1) is 15.7. The molecule has 1 unspecified atom stereocenters. The van der Waals surface area contributed by atoms with Crippen LogP contribution >= 0.6 is 11.6 Å². The van der Waals surface area contributed by atoms with E-state index >= 15 is 0 Å². The smallest absolute Gasteiger partial charge is 0.0506 e. The Labute approximate surface area is 194 Å². The lowest BCUT2D eigenvalue weighted by atomic mass is 9.87. The number of H-pyrrole nitrogens is 1. The lowest BCUT2D eigenvalue weighted by Gasteiger charge is -2.16. The number of aromatic nitrogens is 1. The van der Waals surface area contributed by atoms with Gasteiger partial charge in [-0.15, -0.1) is 0 Å². The van der Waals surface area contributed by atoms with Gasteiger partial charge in [0.25, 0.3) is 0 Å². The van der Waals surface area contributed by atoms with Crippen molar-refractivity contribution in [3.05, 3.63) is 136 Å². The number of hydrogen-bond acceptors (Lipinski definition) is 0. The van der Waals surface area contributed by atoms with Gasteiger partial charge in [-0.1, -0.05) is 114 Å². The van der Waals surface area contributed by atoms with E-state index in [1.165, 1.54) is 27.8 Å². The van der Waals surface area contributed by atoms with E-state index in [2.05, 4.69) is 121 Å². The number of fused-ring (bicyclic) bond motifs is 1. The van der Waals surface area contributed by atoms with E-state index in [4.69, 9.17) is 11.6 Å². The quantitative estimate of drug-likeness (QED) is 0.285. The maximum absolute atomic E-state index is 6.45. The first-order valence-corrected chi connectivity index (χ1v) is 11.2. The molecule has 0 aliphatic rings. The average Bonchev–Trinajstić information content (AvgIpc) is 3.20. The molecule has 5 rings (SSSR count). The summed E-state index contributed by atoms with van der Waals surface area (Å²) in [4.78, 5) is 3.67. The van der Waals surface area contributed by atoms with Crippen LogP contribution in [0, 0.1) is 6.92 Å². The van der Waals surface area contributed by atoms with Gasteiger partial charge >= 0.3 is 0 Å². The van der Waals surface area contributed by atoms with Gasteiger partial charge in [-0.3, -0.25) is 0 Å². The topological polar surface area (TPSA) is 15.8 Å². The summed E-state index contributed by atoms with van der Waals surface area (Å²) in [6, 6.07) is 35.9.